The van der Waals surface area contributed by atoms with Gasteiger partial charge in [-0.25, -0.2) is 4.98 Å². The number of methoxy groups -OCH3 is 2. The van der Waals surface area contributed by atoms with Crippen LogP contribution in [-0.2, 0) is 0 Å². The second-order valence-electron chi connectivity index (χ2n) is 6.24. The van der Waals surface area contributed by atoms with E-state index in [4.69, 9.17) is 14.2 Å². The first-order chi connectivity index (χ1) is 14.1. The van der Waals surface area contributed by atoms with Crippen LogP contribution < -0.4 is 19.5 Å². The summed E-state index contributed by atoms with van der Waals surface area (Å²) in [6.07, 6.45) is 0. The third-order valence-corrected chi connectivity index (χ3v) is 5.47. The fourth-order valence-corrected chi connectivity index (χ4v) is 4.10. The second-order valence-corrected chi connectivity index (χ2v) is 7.27. The van der Waals surface area contributed by atoms with Gasteiger partial charge in [0.1, 0.15) is 5.75 Å². The number of anilines is 1. The molecule has 0 saturated heterocycles. The van der Waals surface area contributed by atoms with Crippen molar-refractivity contribution in [2.45, 2.75) is 6.92 Å². The monoisotopic (exact) mass is 408 g/mol. The van der Waals surface area contributed by atoms with Gasteiger partial charge in [-0.05, 0) is 23.8 Å². The van der Waals surface area contributed by atoms with E-state index < -0.39 is 0 Å². The molecule has 6 nitrogen and oxygen atoms in total. The normalized spacial score (nSPS) is 10.9. The van der Waals surface area contributed by atoms with Gasteiger partial charge in [0.05, 0.1) is 36.6 Å². The number of carbonyl (C=O) groups is 1. The Balaban J connectivity index is 1.73. The van der Waals surface area contributed by atoms with Crippen LogP contribution in [0, 0.1) is 0 Å². The summed E-state index contributed by atoms with van der Waals surface area (Å²) >= 11 is 1.37. The highest BCUT2D eigenvalue weighted by atomic mass is 32.1. The van der Waals surface area contributed by atoms with Crippen LogP contribution in [0.3, 0.4) is 0 Å². The van der Waals surface area contributed by atoms with Crippen LogP contribution in [0.15, 0.2) is 48.5 Å². The Labute approximate surface area is 172 Å². The van der Waals surface area contributed by atoms with Gasteiger partial charge in [-0.2, -0.15) is 0 Å². The number of nitrogens with zero attached hydrogens (tertiary/aromatic N) is 1. The van der Waals surface area contributed by atoms with E-state index in [1.807, 2.05) is 49.4 Å². The molecule has 4 rings (SSSR count). The van der Waals surface area contributed by atoms with Crippen molar-refractivity contribution in [2.75, 3.05) is 26.1 Å². The molecule has 0 atom stereocenters. The molecule has 148 valence electrons. The van der Waals surface area contributed by atoms with Crippen LogP contribution in [0.1, 0.15) is 17.3 Å². The Morgan fingerprint density at radius 2 is 1.79 bits per heavy atom. The molecule has 1 heterocycles. The molecule has 0 radical (unpaired) electrons. The van der Waals surface area contributed by atoms with E-state index in [1.165, 1.54) is 11.3 Å². The van der Waals surface area contributed by atoms with Crippen molar-refractivity contribution in [1.82, 2.24) is 4.98 Å². The molecule has 4 aromatic rings. The molecule has 0 spiro atoms. The summed E-state index contributed by atoms with van der Waals surface area (Å²) in [6, 6.07) is 15.2. The Morgan fingerprint density at radius 3 is 2.55 bits per heavy atom. The van der Waals surface area contributed by atoms with E-state index >= 15 is 0 Å². The Kier molecular flexibility index (Phi) is 5.22. The zero-order valence-electron chi connectivity index (χ0n) is 16.3. The van der Waals surface area contributed by atoms with Crippen molar-refractivity contribution in [3.8, 4) is 17.2 Å². The van der Waals surface area contributed by atoms with Crippen LogP contribution in [0.5, 0.6) is 17.2 Å². The third-order valence-electron chi connectivity index (χ3n) is 4.53. The predicted molar refractivity (Wildman–Crippen MR) is 116 cm³/mol. The number of carbonyl (C=O) groups excluding carboxylic acids is 1. The number of ether oxygens (including phenoxy) is 3. The highest BCUT2D eigenvalue weighted by Gasteiger charge is 2.19. The maximum absolute atomic E-state index is 13.2. The zero-order chi connectivity index (χ0) is 20.4. The van der Waals surface area contributed by atoms with Gasteiger partial charge in [-0.15, -0.1) is 0 Å². The SMILES string of the molecule is CCOc1ccc2ccccc2c1C(=O)Nc1nc2cc(OC)c(OC)cc2s1. The van der Waals surface area contributed by atoms with Crippen molar-refractivity contribution < 1.29 is 19.0 Å². The number of rotatable bonds is 6. The van der Waals surface area contributed by atoms with Gasteiger partial charge in [0.25, 0.3) is 5.91 Å². The van der Waals surface area contributed by atoms with Crippen molar-refractivity contribution in [2.24, 2.45) is 0 Å². The molecule has 0 fully saturated rings. The van der Waals surface area contributed by atoms with Crippen LogP contribution in [0.2, 0.25) is 0 Å². The number of benzene rings is 3. The van der Waals surface area contributed by atoms with Crippen molar-refractivity contribution >= 4 is 43.4 Å². The first-order valence-corrected chi connectivity index (χ1v) is 9.94. The molecular weight excluding hydrogens is 388 g/mol. The minimum absolute atomic E-state index is 0.261. The van der Waals surface area contributed by atoms with Gasteiger partial charge >= 0.3 is 0 Å². The van der Waals surface area contributed by atoms with Gasteiger partial charge in [0.15, 0.2) is 16.6 Å². The predicted octanol–water partition coefficient (Wildman–Crippen LogP) is 5.12. The molecule has 3 aromatic carbocycles. The lowest BCUT2D eigenvalue weighted by molar-refractivity contribution is 0.102. The number of fused-ring (bicyclic) bond motifs is 2. The molecule has 1 amide bonds. The Bertz CT molecular complexity index is 1160. The summed E-state index contributed by atoms with van der Waals surface area (Å²) in [4.78, 5) is 17.7. The molecule has 0 aliphatic rings. The van der Waals surface area contributed by atoms with Gasteiger partial charge in [0, 0.05) is 12.1 Å². The minimum atomic E-state index is -0.261. The molecule has 7 heteroatoms. The van der Waals surface area contributed by atoms with E-state index in [0.717, 1.165) is 21.0 Å². The maximum Gasteiger partial charge on any atom is 0.261 e. The van der Waals surface area contributed by atoms with Crippen molar-refractivity contribution in [1.29, 1.82) is 0 Å². The summed E-state index contributed by atoms with van der Waals surface area (Å²) in [7, 11) is 3.16. The summed E-state index contributed by atoms with van der Waals surface area (Å²) < 4.78 is 17.3. The Hall–Kier alpha value is -3.32. The summed E-state index contributed by atoms with van der Waals surface area (Å²) in [5, 5.41) is 5.22. The maximum atomic E-state index is 13.2. The van der Waals surface area contributed by atoms with Crippen LogP contribution in [-0.4, -0.2) is 31.7 Å². The minimum Gasteiger partial charge on any atom is -0.493 e. The number of hydrogen-bond acceptors (Lipinski definition) is 6. The fraction of sp³-hybridized carbons (Fsp3) is 0.182. The zero-order valence-corrected chi connectivity index (χ0v) is 17.1. The number of hydrogen-bond donors (Lipinski definition) is 1. The summed E-state index contributed by atoms with van der Waals surface area (Å²) in [5.41, 5.74) is 1.23. The number of thiazole rings is 1. The van der Waals surface area contributed by atoms with Crippen molar-refractivity contribution in [3.05, 3.63) is 54.1 Å². The average molecular weight is 408 g/mol. The van der Waals surface area contributed by atoms with E-state index in [-0.39, 0.29) is 5.91 Å². The molecule has 0 saturated carbocycles. The Morgan fingerprint density at radius 1 is 1.03 bits per heavy atom. The highest BCUT2D eigenvalue weighted by Crippen LogP contribution is 2.37. The highest BCUT2D eigenvalue weighted by molar-refractivity contribution is 7.22. The van der Waals surface area contributed by atoms with Gasteiger partial charge in [0.2, 0.25) is 0 Å². The fourth-order valence-electron chi connectivity index (χ4n) is 3.23. The first kappa shape index (κ1) is 19.0. The molecule has 1 aromatic heterocycles. The quantitative estimate of drug-likeness (QED) is 0.480. The standard InChI is InChI=1S/C22H20N2O4S/c1-4-28-16-10-9-13-7-5-6-8-14(13)20(16)21(25)24-22-23-15-11-17(26-2)18(27-3)12-19(15)29-22/h5-12H,4H2,1-3H3,(H,23,24,25). The van der Waals surface area contributed by atoms with Gasteiger partial charge in [-0.3, -0.25) is 10.1 Å². The molecule has 0 unspecified atom stereocenters. The number of amides is 1. The van der Waals surface area contributed by atoms with E-state index in [9.17, 15) is 4.79 Å². The van der Waals surface area contributed by atoms with E-state index in [2.05, 4.69) is 10.3 Å². The molecule has 1 N–H and O–H groups in total. The van der Waals surface area contributed by atoms with E-state index in [1.54, 1.807) is 20.3 Å². The summed E-state index contributed by atoms with van der Waals surface area (Å²) in [5.74, 6) is 1.50. The third kappa shape index (κ3) is 3.56. The lowest BCUT2D eigenvalue weighted by atomic mass is 10.0. The lowest BCUT2D eigenvalue weighted by Gasteiger charge is -2.12. The van der Waals surface area contributed by atoms with Gasteiger partial charge < -0.3 is 14.2 Å². The average Bonchev–Trinajstić information content (AvgIpc) is 3.13. The molecule has 0 aliphatic carbocycles. The van der Waals surface area contributed by atoms with Crippen LogP contribution >= 0.6 is 11.3 Å². The first-order valence-electron chi connectivity index (χ1n) is 9.13. The molecule has 29 heavy (non-hydrogen) atoms. The van der Waals surface area contributed by atoms with E-state index in [0.29, 0.717) is 34.6 Å². The second kappa shape index (κ2) is 7.97. The molecule has 0 aliphatic heterocycles. The van der Waals surface area contributed by atoms with Crippen LogP contribution in [0.25, 0.3) is 21.0 Å². The van der Waals surface area contributed by atoms with Crippen molar-refractivity contribution in [3.63, 3.8) is 0 Å². The molecular formula is C22H20N2O4S. The summed E-state index contributed by atoms with van der Waals surface area (Å²) in [6.45, 7) is 2.37. The molecule has 0 bridgehead atoms. The van der Waals surface area contributed by atoms with Crippen LogP contribution in [0.4, 0.5) is 5.13 Å². The topological polar surface area (TPSA) is 69.7 Å². The number of nitrogens with one attached hydrogen (secondary N) is 1. The number of aromatic nitrogens is 1. The lowest BCUT2D eigenvalue weighted by Crippen LogP contribution is -2.14. The largest absolute Gasteiger partial charge is 0.493 e. The smallest absolute Gasteiger partial charge is 0.261 e. The van der Waals surface area contributed by atoms with Gasteiger partial charge in [-0.1, -0.05) is 41.7 Å².